The zero-order chi connectivity index (χ0) is 10.4. The van der Waals surface area contributed by atoms with E-state index in [-0.39, 0.29) is 6.54 Å². The molecular formula is C6H15N3O4. The van der Waals surface area contributed by atoms with Crippen LogP contribution in [0, 0.1) is 0 Å². The van der Waals surface area contributed by atoms with E-state index >= 15 is 0 Å². The first-order valence-electron chi connectivity index (χ1n) is 3.74. The first-order chi connectivity index (χ1) is 6.04. The molecule has 8 N–H and O–H groups in total. The van der Waals surface area contributed by atoms with Gasteiger partial charge in [0.2, 0.25) is 0 Å². The Labute approximate surface area is 75.3 Å². The van der Waals surface area contributed by atoms with Gasteiger partial charge in [0.25, 0.3) is 0 Å². The molecule has 0 fully saturated rings. The van der Waals surface area contributed by atoms with Gasteiger partial charge in [-0.2, -0.15) is 0 Å². The summed E-state index contributed by atoms with van der Waals surface area (Å²) in [5.41, 5.74) is 7.44. The summed E-state index contributed by atoms with van der Waals surface area (Å²) in [5, 5.41) is 26.4. The molecule has 78 valence electrons. The van der Waals surface area contributed by atoms with Crippen LogP contribution in [0.1, 0.15) is 0 Å². The molecule has 0 aromatic rings. The van der Waals surface area contributed by atoms with Gasteiger partial charge in [-0.05, 0) is 0 Å². The summed E-state index contributed by atoms with van der Waals surface area (Å²) in [7, 11) is 0. The molecule has 0 radical (unpaired) electrons. The average molecular weight is 193 g/mol. The summed E-state index contributed by atoms with van der Waals surface area (Å²) in [6.45, 7) is -0.705. The molecule has 0 aromatic carbocycles. The van der Waals surface area contributed by atoms with Crippen molar-refractivity contribution in [2.24, 2.45) is 11.6 Å². The molecule has 0 spiro atoms. The molecule has 3 atom stereocenters. The summed E-state index contributed by atoms with van der Waals surface area (Å²) in [6, 6.07) is -0.999. The summed E-state index contributed by atoms with van der Waals surface area (Å²) in [6.07, 6.45) is -3.18. The Morgan fingerprint density at radius 3 is 2.38 bits per heavy atom. The highest BCUT2D eigenvalue weighted by Crippen LogP contribution is 1.96. The highest BCUT2D eigenvalue weighted by atomic mass is 16.4. The van der Waals surface area contributed by atoms with Crippen molar-refractivity contribution in [1.29, 1.82) is 0 Å². The van der Waals surface area contributed by atoms with E-state index in [1.807, 2.05) is 0 Å². The van der Waals surface area contributed by atoms with E-state index in [1.165, 1.54) is 0 Å². The Kier molecular flexibility index (Phi) is 5.71. The second kappa shape index (κ2) is 5.97. The number of carbonyl (C=O) groups excluding carboxylic acids is 1. The zero-order valence-electron chi connectivity index (χ0n) is 7.05. The molecule has 0 unspecified atom stereocenters. The third-order valence-corrected chi connectivity index (χ3v) is 1.55. The fourth-order valence-corrected chi connectivity index (χ4v) is 0.736. The molecule has 0 aliphatic rings. The van der Waals surface area contributed by atoms with Crippen molar-refractivity contribution >= 4 is 5.78 Å². The predicted octanol–water partition coefficient (Wildman–Crippen LogP) is -3.94. The largest absolute Gasteiger partial charge is 0.394 e. The quantitative estimate of drug-likeness (QED) is 0.187. The van der Waals surface area contributed by atoms with Crippen LogP contribution < -0.4 is 17.0 Å². The van der Waals surface area contributed by atoms with Gasteiger partial charge in [-0.15, -0.1) is 0 Å². The summed E-state index contributed by atoms with van der Waals surface area (Å²) < 4.78 is 0. The number of aliphatic hydroxyl groups excluding tert-OH is 3. The van der Waals surface area contributed by atoms with Crippen LogP contribution >= 0.6 is 0 Å². The summed E-state index contributed by atoms with van der Waals surface area (Å²) in [5.74, 6) is 4.14. The fraction of sp³-hybridized carbons (Fsp3) is 0.833. The van der Waals surface area contributed by atoms with Gasteiger partial charge >= 0.3 is 0 Å². The van der Waals surface area contributed by atoms with Gasteiger partial charge in [0.1, 0.15) is 12.2 Å². The topological polar surface area (TPSA) is 142 Å². The molecule has 0 saturated heterocycles. The van der Waals surface area contributed by atoms with Crippen molar-refractivity contribution in [2.45, 2.75) is 18.2 Å². The van der Waals surface area contributed by atoms with Crippen LogP contribution in [0.15, 0.2) is 0 Å². The minimum absolute atomic E-state index is 0.00591. The van der Waals surface area contributed by atoms with Crippen molar-refractivity contribution in [1.82, 2.24) is 5.43 Å². The van der Waals surface area contributed by atoms with E-state index in [4.69, 9.17) is 26.9 Å². The molecule has 0 amide bonds. The molecule has 0 heterocycles. The van der Waals surface area contributed by atoms with Crippen LogP contribution in [0.3, 0.4) is 0 Å². The third-order valence-electron chi connectivity index (χ3n) is 1.55. The van der Waals surface area contributed by atoms with Crippen molar-refractivity contribution < 1.29 is 20.1 Å². The maximum atomic E-state index is 11.1. The van der Waals surface area contributed by atoms with Crippen molar-refractivity contribution in [3.63, 3.8) is 0 Å². The normalized spacial score (nSPS) is 17.9. The van der Waals surface area contributed by atoms with Crippen LogP contribution in [-0.2, 0) is 4.79 Å². The maximum absolute atomic E-state index is 11.1. The van der Waals surface area contributed by atoms with E-state index in [9.17, 15) is 4.79 Å². The number of hydrogen-bond acceptors (Lipinski definition) is 7. The van der Waals surface area contributed by atoms with Gasteiger partial charge in [-0.1, -0.05) is 0 Å². The Bertz CT molecular complexity index is 166. The van der Waals surface area contributed by atoms with Crippen molar-refractivity contribution in [3.05, 3.63) is 0 Å². The van der Waals surface area contributed by atoms with E-state index in [1.54, 1.807) is 0 Å². The fourth-order valence-electron chi connectivity index (χ4n) is 0.736. The van der Waals surface area contributed by atoms with Crippen molar-refractivity contribution in [2.75, 3.05) is 13.2 Å². The van der Waals surface area contributed by atoms with Gasteiger partial charge < -0.3 is 21.1 Å². The first kappa shape index (κ1) is 12.4. The zero-order valence-corrected chi connectivity index (χ0v) is 7.05. The van der Waals surface area contributed by atoms with Gasteiger partial charge in [0.15, 0.2) is 5.78 Å². The summed E-state index contributed by atoms with van der Waals surface area (Å²) >= 11 is 0. The second-order valence-electron chi connectivity index (χ2n) is 2.61. The van der Waals surface area contributed by atoms with E-state index in [2.05, 4.69) is 5.43 Å². The number of carbonyl (C=O) groups is 1. The van der Waals surface area contributed by atoms with Crippen molar-refractivity contribution in [3.8, 4) is 0 Å². The van der Waals surface area contributed by atoms with Gasteiger partial charge in [-0.3, -0.25) is 16.1 Å². The number of aliphatic hydroxyl groups is 3. The van der Waals surface area contributed by atoms with Crippen LogP contribution in [0.5, 0.6) is 0 Å². The molecular weight excluding hydrogens is 178 g/mol. The molecule has 0 saturated carbocycles. The van der Waals surface area contributed by atoms with Gasteiger partial charge in [0, 0.05) is 6.54 Å². The third kappa shape index (κ3) is 3.77. The van der Waals surface area contributed by atoms with E-state index in [0.717, 1.165) is 0 Å². The molecule has 7 nitrogen and oxygen atoms in total. The number of ketones is 1. The smallest absolute Gasteiger partial charge is 0.181 e. The highest BCUT2D eigenvalue weighted by molar-refractivity contribution is 5.88. The second-order valence-corrected chi connectivity index (χ2v) is 2.61. The molecule has 0 rings (SSSR count). The number of rotatable bonds is 6. The minimum Gasteiger partial charge on any atom is -0.394 e. The molecule has 0 aliphatic heterocycles. The van der Waals surface area contributed by atoms with Gasteiger partial charge in [-0.25, -0.2) is 0 Å². The number of hydrogen-bond donors (Lipinski definition) is 6. The van der Waals surface area contributed by atoms with E-state index in [0.29, 0.717) is 0 Å². The standard InChI is InChI=1S/C6H15N3O4/c7-3(1-9-8)5(12)6(13)4(11)2-10/h3-4,6,9-11,13H,1-2,7-8H2/t3-,4+,6+/m0/s1. The lowest BCUT2D eigenvalue weighted by atomic mass is 10.0. The number of nitrogens with two attached hydrogens (primary N) is 2. The molecule has 7 heteroatoms. The lowest BCUT2D eigenvalue weighted by molar-refractivity contribution is -0.135. The first-order valence-corrected chi connectivity index (χ1v) is 3.74. The lowest BCUT2D eigenvalue weighted by Crippen LogP contribution is -2.50. The molecule has 0 aromatic heterocycles. The van der Waals surface area contributed by atoms with Crippen LogP contribution in [0.25, 0.3) is 0 Å². The van der Waals surface area contributed by atoms with E-state index < -0.39 is 30.6 Å². The molecule has 13 heavy (non-hydrogen) atoms. The minimum atomic E-state index is -1.67. The van der Waals surface area contributed by atoms with Crippen LogP contribution in [0.4, 0.5) is 0 Å². The molecule has 0 aliphatic carbocycles. The summed E-state index contributed by atoms with van der Waals surface area (Å²) in [4.78, 5) is 11.1. The predicted molar refractivity (Wildman–Crippen MR) is 44.3 cm³/mol. The molecule has 0 bridgehead atoms. The Morgan fingerprint density at radius 2 is 2.00 bits per heavy atom. The highest BCUT2D eigenvalue weighted by Gasteiger charge is 2.27. The Balaban J connectivity index is 4.08. The van der Waals surface area contributed by atoms with Crippen LogP contribution in [0.2, 0.25) is 0 Å². The maximum Gasteiger partial charge on any atom is 0.181 e. The monoisotopic (exact) mass is 193 g/mol. The van der Waals surface area contributed by atoms with Gasteiger partial charge in [0.05, 0.1) is 12.6 Å². The Morgan fingerprint density at radius 1 is 1.46 bits per heavy atom. The number of nitrogens with one attached hydrogen (secondary N) is 1. The van der Waals surface area contributed by atoms with Crippen LogP contribution in [-0.4, -0.2) is 52.5 Å². The number of Topliss-reactive ketones (excluding diaryl/α,β-unsaturated/α-hetero) is 1. The Hall–Kier alpha value is -0.570. The number of hydrazine groups is 1. The SMILES string of the molecule is NNC[C@H](N)C(=O)[C@H](O)[C@H](O)CO. The average Bonchev–Trinajstić information content (AvgIpc) is 2.14. The lowest BCUT2D eigenvalue weighted by Gasteiger charge is -2.18.